The molecule has 6 nitrogen and oxygen atoms in total. The van der Waals surface area contributed by atoms with Gasteiger partial charge in [0.05, 0.1) is 21.8 Å². The van der Waals surface area contributed by atoms with Crippen LogP contribution in [0.3, 0.4) is 0 Å². The van der Waals surface area contributed by atoms with E-state index in [0.717, 1.165) is 43.9 Å². The minimum absolute atomic E-state index is 0.00683. The molecular weight excluding hydrogens is 320 g/mol. The van der Waals surface area contributed by atoms with Crippen LogP contribution >= 0.6 is 0 Å². The molecule has 0 fully saturated rings. The van der Waals surface area contributed by atoms with Crippen LogP contribution in [-0.2, 0) is 9.84 Å². The van der Waals surface area contributed by atoms with Crippen LogP contribution in [-0.4, -0.2) is 36.3 Å². The van der Waals surface area contributed by atoms with Crippen LogP contribution in [0.25, 0.3) is 0 Å². The second-order valence-electron chi connectivity index (χ2n) is 5.52. The van der Waals surface area contributed by atoms with Crippen LogP contribution < -0.4 is 0 Å². The summed E-state index contributed by atoms with van der Waals surface area (Å²) in [5.41, 5.74) is -0.936. The molecule has 0 bridgehead atoms. The summed E-state index contributed by atoms with van der Waals surface area (Å²) in [6.07, 6.45) is 3.43. The Balaban J connectivity index is 3.16. The van der Waals surface area contributed by atoms with Crippen molar-refractivity contribution in [2.24, 2.45) is 5.92 Å². The van der Waals surface area contributed by atoms with E-state index in [-0.39, 0.29) is 16.6 Å². The smallest absolute Gasteiger partial charge is 0.336 e. The van der Waals surface area contributed by atoms with Crippen molar-refractivity contribution >= 4 is 21.8 Å². The summed E-state index contributed by atoms with van der Waals surface area (Å²) in [6.45, 7) is 3.96. The van der Waals surface area contributed by atoms with Gasteiger partial charge in [-0.05, 0) is 30.5 Å². The zero-order chi connectivity index (χ0) is 17.6. The Labute approximate surface area is 136 Å². The molecule has 0 heterocycles. The monoisotopic (exact) mass is 342 g/mol. The molecule has 1 atom stereocenters. The maximum atomic E-state index is 12.5. The Kier molecular flexibility index (Phi) is 6.75. The summed E-state index contributed by atoms with van der Waals surface area (Å²) in [7, 11) is -3.66. The number of hydrogen-bond donors (Lipinski definition) is 2. The van der Waals surface area contributed by atoms with E-state index in [0.29, 0.717) is 0 Å². The number of rotatable bonds is 9. The van der Waals surface area contributed by atoms with Gasteiger partial charge in [0.25, 0.3) is 0 Å². The first-order valence-electron chi connectivity index (χ1n) is 7.56. The molecule has 0 aliphatic heterocycles. The van der Waals surface area contributed by atoms with Crippen LogP contribution in [0.1, 0.15) is 60.2 Å². The Bertz CT molecular complexity index is 678. The number of aromatic carboxylic acids is 2. The normalized spacial score (nSPS) is 12.8. The summed E-state index contributed by atoms with van der Waals surface area (Å²) >= 11 is 0. The Morgan fingerprint density at radius 2 is 1.70 bits per heavy atom. The third-order valence-corrected chi connectivity index (χ3v) is 5.69. The predicted molar refractivity (Wildman–Crippen MR) is 85.7 cm³/mol. The first kappa shape index (κ1) is 19.2. The topological polar surface area (TPSA) is 109 Å². The fourth-order valence-corrected chi connectivity index (χ4v) is 4.17. The Hall–Kier alpha value is -1.89. The summed E-state index contributed by atoms with van der Waals surface area (Å²) in [5.74, 6) is -2.92. The second-order valence-corrected chi connectivity index (χ2v) is 7.55. The molecule has 0 saturated heterocycles. The number of benzene rings is 1. The van der Waals surface area contributed by atoms with Crippen LogP contribution in [0.2, 0.25) is 0 Å². The Morgan fingerprint density at radius 1 is 1.09 bits per heavy atom. The van der Waals surface area contributed by atoms with Crippen LogP contribution in [0.15, 0.2) is 23.1 Å². The van der Waals surface area contributed by atoms with Crippen LogP contribution in [0.4, 0.5) is 0 Å². The summed E-state index contributed by atoms with van der Waals surface area (Å²) in [6, 6.07) is 3.14. The minimum Gasteiger partial charge on any atom is -0.478 e. The molecule has 1 aromatic rings. The number of unbranched alkanes of at least 4 members (excludes halogenated alkanes) is 1. The van der Waals surface area contributed by atoms with Crippen LogP contribution in [0, 0.1) is 5.92 Å². The number of hydrogen-bond acceptors (Lipinski definition) is 4. The third-order valence-electron chi connectivity index (χ3n) is 3.81. The molecule has 128 valence electrons. The van der Waals surface area contributed by atoms with E-state index in [1.54, 1.807) is 0 Å². The van der Waals surface area contributed by atoms with Gasteiger partial charge in [-0.3, -0.25) is 0 Å². The standard InChI is InChI=1S/C16H22O6S/c1-3-5-6-11(4-2)10-23(21,22)12-7-8-13(15(17)18)14(9-12)16(19)20/h7-9,11H,3-6,10H2,1-2H3,(H,17,18)(H,19,20). The average Bonchev–Trinajstić information content (AvgIpc) is 2.50. The van der Waals surface area contributed by atoms with E-state index in [1.807, 2.05) is 13.8 Å². The molecule has 0 aliphatic rings. The van der Waals surface area contributed by atoms with Gasteiger partial charge >= 0.3 is 11.9 Å². The molecule has 0 saturated carbocycles. The van der Waals surface area contributed by atoms with Crippen LogP contribution in [0.5, 0.6) is 0 Å². The van der Waals surface area contributed by atoms with Crippen molar-refractivity contribution in [1.82, 2.24) is 0 Å². The van der Waals surface area contributed by atoms with E-state index in [1.165, 1.54) is 0 Å². The number of carbonyl (C=O) groups is 2. The van der Waals surface area contributed by atoms with Crippen molar-refractivity contribution in [2.45, 2.75) is 44.4 Å². The van der Waals surface area contributed by atoms with Crippen molar-refractivity contribution in [2.75, 3.05) is 5.75 Å². The van der Waals surface area contributed by atoms with E-state index >= 15 is 0 Å². The van der Waals surface area contributed by atoms with Gasteiger partial charge in [-0.1, -0.05) is 33.1 Å². The van der Waals surface area contributed by atoms with Crippen molar-refractivity contribution in [3.8, 4) is 0 Å². The first-order chi connectivity index (χ1) is 10.7. The molecule has 23 heavy (non-hydrogen) atoms. The summed E-state index contributed by atoms with van der Waals surface area (Å²) in [5, 5.41) is 18.1. The molecule has 0 aromatic heterocycles. The van der Waals surface area contributed by atoms with Crippen molar-refractivity contribution in [3.05, 3.63) is 29.3 Å². The highest BCUT2D eigenvalue weighted by atomic mass is 32.2. The fraction of sp³-hybridized carbons (Fsp3) is 0.500. The SMILES string of the molecule is CCCCC(CC)CS(=O)(=O)c1ccc(C(=O)O)c(C(=O)O)c1. The van der Waals surface area contributed by atoms with Crippen molar-refractivity contribution < 1.29 is 28.2 Å². The highest BCUT2D eigenvalue weighted by molar-refractivity contribution is 7.91. The van der Waals surface area contributed by atoms with E-state index < -0.39 is 32.9 Å². The zero-order valence-corrected chi connectivity index (χ0v) is 14.1. The molecule has 0 spiro atoms. The molecule has 1 unspecified atom stereocenters. The fourth-order valence-electron chi connectivity index (χ4n) is 2.38. The van der Waals surface area contributed by atoms with E-state index in [9.17, 15) is 18.0 Å². The molecule has 1 aromatic carbocycles. The van der Waals surface area contributed by atoms with E-state index in [4.69, 9.17) is 10.2 Å². The largest absolute Gasteiger partial charge is 0.478 e. The molecule has 7 heteroatoms. The maximum absolute atomic E-state index is 12.5. The molecule has 0 aliphatic carbocycles. The van der Waals surface area contributed by atoms with Gasteiger partial charge < -0.3 is 10.2 Å². The van der Waals surface area contributed by atoms with Gasteiger partial charge in [-0.25, -0.2) is 18.0 Å². The van der Waals surface area contributed by atoms with Crippen molar-refractivity contribution in [1.29, 1.82) is 0 Å². The van der Waals surface area contributed by atoms with Gasteiger partial charge in [0.15, 0.2) is 9.84 Å². The number of carboxylic acids is 2. The molecule has 1 rings (SSSR count). The van der Waals surface area contributed by atoms with Gasteiger partial charge in [0.2, 0.25) is 0 Å². The van der Waals surface area contributed by atoms with Gasteiger partial charge in [-0.2, -0.15) is 0 Å². The summed E-state index contributed by atoms with van der Waals surface area (Å²) in [4.78, 5) is 22.0. The lowest BCUT2D eigenvalue weighted by molar-refractivity contribution is 0.0651. The lowest BCUT2D eigenvalue weighted by Gasteiger charge is -2.15. The minimum atomic E-state index is -3.66. The quantitative estimate of drug-likeness (QED) is 0.714. The molecular formula is C16H22O6S. The Morgan fingerprint density at radius 3 is 2.17 bits per heavy atom. The van der Waals surface area contributed by atoms with E-state index in [2.05, 4.69) is 0 Å². The van der Waals surface area contributed by atoms with Gasteiger partial charge in [-0.15, -0.1) is 0 Å². The first-order valence-corrected chi connectivity index (χ1v) is 9.21. The molecule has 2 N–H and O–H groups in total. The number of carboxylic acid groups (broad SMARTS) is 2. The highest BCUT2D eigenvalue weighted by Gasteiger charge is 2.24. The maximum Gasteiger partial charge on any atom is 0.336 e. The predicted octanol–water partition coefficient (Wildman–Crippen LogP) is 3.07. The molecule has 0 radical (unpaired) electrons. The van der Waals surface area contributed by atoms with Gasteiger partial charge in [0.1, 0.15) is 0 Å². The zero-order valence-electron chi connectivity index (χ0n) is 13.3. The third kappa shape index (κ3) is 5.06. The van der Waals surface area contributed by atoms with Gasteiger partial charge in [0, 0.05) is 0 Å². The lowest BCUT2D eigenvalue weighted by Crippen LogP contribution is -2.17. The van der Waals surface area contributed by atoms with Crippen molar-refractivity contribution in [3.63, 3.8) is 0 Å². The average molecular weight is 342 g/mol. The highest BCUT2D eigenvalue weighted by Crippen LogP contribution is 2.22. The lowest BCUT2D eigenvalue weighted by atomic mass is 10.0. The number of sulfone groups is 1. The second kappa shape index (κ2) is 8.10. The molecule has 0 amide bonds. The summed E-state index contributed by atoms with van der Waals surface area (Å²) < 4.78 is 25.0.